The average molecular weight is 313 g/mol. The normalized spacial score (nSPS) is 21.8. The van der Waals surface area contributed by atoms with Gasteiger partial charge in [-0.25, -0.2) is 0 Å². The number of halogens is 3. The first kappa shape index (κ1) is 15.3. The fourth-order valence-corrected chi connectivity index (χ4v) is 3.16. The van der Waals surface area contributed by atoms with E-state index in [1.165, 1.54) is 11.0 Å². The Balaban J connectivity index is 2.11. The first-order valence-corrected chi connectivity index (χ1v) is 7.41. The van der Waals surface area contributed by atoms with Gasteiger partial charge in [0.25, 0.3) is 5.91 Å². The quantitative estimate of drug-likeness (QED) is 0.835. The molecule has 3 nitrogen and oxygen atoms in total. The van der Waals surface area contributed by atoms with E-state index in [0.717, 1.165) is 0 Å². The van der Waals surface area contributed by atoms with Gasteiger partial charge >= 0.3 is 6.18 Å². The fraction of sp³-hybridized carbons (Fsp3) is 0.562. The lowest BCUT2D eigenvalue weighted by atomic mass is 9.91. The summed E-state index contributed by atoms with van der Waals surface area (Å²) in [6.45, 7) is 4.61. The van der Waals surface area contributed by atoms with Crippen molar-refractivity contribution in [2.24, 2.45) is 0 Å². The number of carbonyl (C=O) groups excluding carboxylic acids is 1. The lowest BCUT2D eigenvalue weighted by Gasteiger charge is -2.20. The van der Waals surface area contributed by atoms with Gasteiger partial charge in [0.2, 0.25) is 0 Å². The van der Waals surface area contributed by atoms with Crippen LogP contribution in [0.4, 0.5) is 13.2 Å². The maximum Gasteiger partial charge on any atom is 0.416 e. The zero-order valence-corrected chi connectivity index (χ0v) is 12.5. The highest BCUT2D eigenvalue weighted by Crippen LogP contribution is 2.40. The second-order valence-electron chi connectivity index (χ2n) is 6.18. The van der Waals surface area contributed by atoms with Crippen molar-refractivity contribution < 1.29 is 22.7 Å². The van der Waals surface area contributed by atoms with Gasteiger partial charge in [0.1, 0.15) is 0 Å². The Labute approximate surface area is 127 Å². The number of nitrogens with zero attached hydrogens (tertiary/aromatic N) is 1. The molecule has 1 saturated heterocycles. The molecule has 0 aliphatic carbocycles. The second kappa shape index (κ2) is 5.26. The first-order chi connectivity index (χ1) is 10.3. The molecular weight excluding hydrogens is 295 g/mol. The zero-order valence-electron chi connectivity index (χ0n) is 12.5. The third kappa shape index (κ3) is 2.49. The van der Waals surface area contributed by atoms with Crippen molar-refractivity contribution in [3.8, 4) is 0 Å². The third-order valence-electron chi connectivity index (χ3n) is 4.42. The molecule has 1 aromatic rings. The van der Waals surface area contributed by atoms with Crippen LogP contribution in [0.25, 0.3) is 0 Å². The summed E-state index contributed by atoms with van der Waals surface area (Å²) in [6, 6.07) is 2.71. The van der Waals surface area contributed by atoms with Crippen molar-refractivity contribution in [1.29, 1.82) is 0 Å². The maximum atomic E-state index is 13.4. The molecule has 2 aliphatic heterocycles. The Bertz CT molecular complexity index is 604. The Morgan fingerprint density at radius 1 is 1.32 bits per heavy atom. The summed E-state index contributed by atoms with van der Waals surface area (Å²) < 4.78 is 45.5. The molecular formula is C16H18F3NO2. The number of carbonyl (C=O) groups is 1. The summed E-state index contributed by atoms with van der Waals surface area (Å²) in [5.41, 5.74) is 0.185. The van der Waals surface area contributed by atoms with Crippen LogP contribution in [0.5, 0.6) is 0 Å². The molecule has 0 spiro atoms. The SMILES string of the molecule is CC(C)N1Cc2c(cc(C3CCOC3)cc2C(F)(F)F)C1=O. The standard InChI is InChI=1S/C16H18F3NO2/c1-9(2)20-7-13-12(15(20)21)5-11(10-3-4-22-8-10)6-14(13)16(17,18)19/h5-6,9-10H,3-4,7-8H2,1-2H3. The van der Waals surface area contributed by atoms with E-state index in [1.807, 2.05) is 13.8 Å². The number of hydrogen-bond acceptors (Lipinski definition) is 2. The van der Waals surface area contributed by atoms with Gasteiger partial charge in [0.15, 0.2) is 0 Å². The summed E-state index contributed by atoms with van der Waals surface area (Å²) >= 11 is 0. The average Bonchev–Trinajstić information content (AvgIpc) is 3.05. The number of rotatable bonds is 2. The molecule has 0 aromatic heterocycles. The number of amides is 1. The molecule has 1 amide bonds. The van der Waals surface area contributed by atoms with E-state index >= 15 is 0 Å². The maximum absolute atomic E-state index is 13.4. The number of fused-ring (bicyclic) bond motifs is 1. The number of hydrogen-bond donors (Lipinski definition) is 0. The number of ether oxygens (including phenoxy) is 1. The third-order valence-corrected chi connectivity index (χ3v) is 4.42. The highest BCUT2D eigenvalue weighted by atomic mass is 19.4. The van der Waals surface area contributed by atoms with Gasteiger partial charge in [-0.3, -0.25) is 4.79 Å². The van der Waals surface area contributed by atoms with Crippen LogP contribution in [0.1, 0.15) is 53.2 Å². The van der Waals surface area contributed by atoms with Crippen LogP contribution in [0.3, 0.4) is 0 Å². The van der Waals surface area contributed by atoms with E-state index in [2.05, 4.69) is 0 Å². The fourth-order valence-electron chi connectivity index (χ4n) is 3.16. The Kier molecular flexibility index (Phi) is 3.67. The van der Waals surface area contributed by atoms with Crippen molar-refractivity contribution >= 4 is 5.91 Å². The highest BCUT2D eigenvalue weighted by molar-refractivity contribution is 5.99. The molecule has 6 heteroatoms. The summed E-state index contributed by atoms with van der Waals surface area (Å²) in [6.07, 6.45) is -3.76. The molecule has 0 saturated carbocycles. The van der Waals surface area contributed by atoms with Crippen molar-refractivity contribution in [3.05, 3.63) is 34.4 Å². The van der Waals surface area contributed by atoms with Crippen molar-refractivity contribution in [2.75, 3.05) is 13.2 Å². The highest BCUT2D eigenvalue weighted by Gasteiger charge is 2.41. The van der Waals surface area contributed by atoms with Crippen LogP contribution >= 0.6 is 0 Å². The number of benzene rings is 1. The van der Waals surface area contributed by atoms with Gasteiger partial charge in [-0.05, 0) is 43.5 Å². The Morgan fingerprint density at radius 3 is 2.59 bits per heavy atom. The van der Waals surface area contributed by atoms with E-state index in [0.29, 0.717) is 25.2 Å². The van der Waals surface area contributed by atoms with E-state index in [9.17, 15) is 18.0 Å². The Morgan fingerprint density at radius 2 is 2.05 bits per heavy atom. The van der Waals surface area contributed by atoms with E-state index in [1.54, 1.807) is 6.07 Å². The van der Waals surface area contributed by atoms with Crippen molar-refractivity contribution in [3.63, 3.8) is 0 Å². The van der Waals surface area contributed by atoms with Crippen LogP contribution in [-0.2, 0) is 17.5 Å². The van der Waals surface area contributed by atoms with Gasteiger partial charge in [0, 0.05) is 30.7 Å². The van der Waals surface area contributed by atoms with Gasteiger partial charge in [0.05, 0.1) is 12.2 Å². The van der Waals surface area contributed by atoms with E-state index < -0.39 is 11.7 Å². The number of alkyl halides is 3. The molecule has 1 atom stereocenters. The van der Waals surface area contributed by atoms with E-state index in [-0.39, 0.29) is 35.5 Å². The molecule has 0 N–H and O–H groups in total. The minimum atomic E-state index is -4.45. The van der Waals surface area contributed by atoms with E-state index in [4.69, 9.17) is 4.74 Å². The molecule has 3 rings (SSSR count). The molecule has 120 valence electrons. The molecule has 2 heterocycles. The monoisotopic (exact) mass is 313 g/mol. The second-order valence-corrected chi connectivity index (χ2v) is 6.18. The van der Waals surface area contributed by atoms with Gasteiger partial charge < -0.3 is 9.64 Å². The molecule has 1 aromatic carbocycles. The van der Waals surface area contributed by atoms with Crippen LogP contribution in [0.15, 0.2) is 12.1 Å². The minimum Gasteiger partial charge on any atom is -0.381 e. The largest absolute Gasteiger partial charge is 0.416 e. The predicted octanol–water partition coefficient (Wildman–Crippen LogP) is 3.57. The lowest BCUT2D eigenvalue weighted by molar-refractivity contribution is -0.138. The summed E-state index contributed by atoms with van der Waals surface area (Å²) in [5.74, 6) is -0.372. The van der Waals surface area contributed by atoms with Crippen LogP contribution in [0.2, 0.25) is 0 Å². The molecule has 1 unspecified atom stereocenters. The molecule has 2 aliphatic rings. The van der Waals surface area contributed by atoms with Gasteiger partial charge in [-0.2, -0.15) is 13.2 Å². The van der Waals surface area contributed by atoms with Gasteiger partial charge in [-0.15, -0.1) is 0 Å². The summed E-state index contributed by atoms with van der Waals surface area (Å²) in [7, 11) is 0. The molecule has 1 fully saturated rings. The van der Waals surface area contributed by atoms with Crippen LogP contribution < -0.4 is 0 Å². The molecule has 0 bridgehead atoms. The van der Waals surface area contributed by atoms with Gasteiger partial charge in [-0.1, -0.05) is 0 Å². The minimum absolute atomic E-state index is 0.0299. The molecule has 22 heavy (non-hydrogen) atoms. The Hall–Kier alpha value is -1.56. The van der Waals surface area contributed by atoms with Crippen LogP contribution in [-0.4, -0.2) is 30.1 Å². The lowest BCUT2D eigenvalue weighted by Crippen LogP contribution is -2.30. The topological polar surface area (TPSA) is 29.5 Å². The smallest absolute Gasteiger partial charge is 0.381 e. The zero-order chi connectivity index (χ0) is 16.1. The van der Waals surface area contributed by atoms with Crippen molar-refractivity contribution in [2.45, 2.75) is 44.9 Å². The van der Waals surface area contributed by atoms with Crippen molar-refractivity contribution in [1.82, 2.24) is 4.90 Å². The molecule has 0 radical (unpaired) electrons. The summed E-state index contributed by atoms with van der Waals surface area (Å²) in [5, 5.41) is 0. The summed E-state index contributed by atoms with van der Waals surface area (Å²) in [4.78, 5) is 13.9. The van der Waals surface area contributed by atoms with Crippen LogP contribution in [0, 0.1) is 0 Å². The first-order valence-electron chi connectivity index (χ1n) is 7.41. The predicted molar refractivity (Wildman–Crippen MR) is 74.6 cm³/mol.